The maximum absolute atomic E-state index is 12.9. The number of carbonyl (C=O) groups excluding carboxylic acids is 2. The summed E-state index contributed by atoms with van der Waals surface area (Å²) in [7, 11) is 0. The Kier molecular flexibility index (Phi) is 10.0. The van der Waals surface area contributed by atoms with Crippen molar-refractivity contribution in [2.24, 2.45) is 11.7 Å². The SMILES string of the molecule is CCCC[C@H](CS)C(=O)N[C@@H](CCCCN)C(=O)Nc1ccc2ccccc2c1. The third kappa shape index (κ3) is 7.37. The molecule has 0 saturated heterocycles. The van der Waals surface area contributed by atoms with E-state index in [1.807, 2.05) is 42.5 Å². The Bertz CT molecular complexity index is 797. The van der Waals surface area contributed by atoms with Crippen molar-refractivity contribution < 1.29 is 9.59 Å². The molecule has 0 bridgehead atoms. The number of unbranched alkanes of at least 4 members (excludes halogenated alkanes) is 2. The van der Waals surface area contributed by atoms with Gasteiger partial charge in [0.1, 0.15) is 6.04 Å². The van der Waals surface area contributed by atoms with Crippen LogP contribution in [0.1, 0.15) is 45.4 Å². The number of nitrogens with two attached hydrogens (primary N) is 1. The first-order chi connectivity index (χ1) is 14.1. The third-order valence-corrected chi connectivity index (χ3v) is 5.53. The first kappa shape index (κ1) is 23.2. The van der Waals surface area contributed by atoms with Crippen molar-refractivity contribution in [2.75, 3.05) is 17.6 Å². The van der Waals surface area contributed by atoms with E-state index in [1.165, 1.54) is 0 Å². The first-order valence-electron chi connectivity index (χ1n) is 10.5. The molecular weight excluding hydrogens is 382 g/mol. The maximum atomic E-state index is 12.9. The van der Waals surface area contributed by atoms with E-state index in [0.717, 1.165) is 48.6 Å². The van der Waals surface area contributed by atoms with E-state index < -0.39 is 6.04 Å². The molecule has 158 valence electrons. The number of nitrogens with one attached hydrogen (secondary N) is 2. The van der Waals surface area contributed by atoms with Crippen molar-refractivity contribution in [2.45, 2.75) is 51.5 Å². The van der Waals surface area contributed by atoms with Crippen LogP contribution in [0.15, 0.2) is 42.5 Å². The zero-order chi connectivity index (χ0) is 21.1. The van der Waals surface area contributed by atoms with Crippen LogP contribution >= 0.6 is 12.6 Å². The van der Waals surface area contributed by atoms with E-state index in [0.29, 0.717) is 18.7 Å². The number of hydrogen-bond donors (Lipinski definition) is 4. The molecule has 2 atom stereocenters. The van der Waals surface area contributed by atoms with Gasteiger partial charge >= 0.3 is 0 Å². The molecule has 0 radical (unpaired) electrons. The topological polar surface area (TPSA) is 84.2 Å². The van der Waals surface area contributed by atoms with Gasteiger partial charge in [0.2, 0.25) is 11.8 Å². The average molecular weight is 416 g/mol. The molecule has 2 rings (SSSR count). The predicted octanol–water partition coefficient (Wildman–Crippen LogP) is 4.13. The molecule has 2 aromatic carbocycles. The summed E-state index contributed by atoms with van der Waals surface area (Å²) in [5.41, 5.74) is 6.32. The van der Waals surface area contributed by atoms with Gasteiger partial charge in [0.25, 0.3) is 0 Å². The smallest absolute Gasteiger partial charge is 0.246 e. The zero-order valence-corrected chi connectivity index (χ0v) is 18.1. The van der Waals surface area contributed by atoms with Crippen LogP contribution < -0.4 is 16.4 Å². The lowest BCUT2D eigenvalue weighted by Gasteiger charge is -2.22. The molecule has 0 saturated carbocycles. The summed E-state index contributed by atoms with van der Waals surface area (Å²) in [4.78, 5) is 25.6. The number of benzene rings is 2. The van der Waals surface area contributed by atoms with Gasteiger partial charge in [0, 0.05) is 17.4 Å². The lowest BCUT2D eigenvalue weighted by atomic mass is 10.0. The normalized spacial score (nSPS) is 13.1. The van der Waals surface area contributed by atoms with Gasteiger partial charge in [-0.1, -0.05) is 50.1 Å². The number of amides is 2. The fourth-order valence-corrected chi connectivity index (χ4v) is 3.65. The monoisotopic (exact) mass is 415 g/mol. The highest BCUT2D eigenvalue weighted by Crippen LogP contribution is 2.19. The average Bonchev–Trinajstić information content (AvgIpc) is 2.73. The Labute approximate surface area is 179 Å². The molecule has 29 heavy (non-hydrogen) atoms. The highest BCUT2D eigenvalue weighted by Gasteiger charge is 2.24. The van der Waals surface area contributed by atoms with Gasteiger partial charge in [-0.15, -0.1) is 0 Å². The van der Waals surface area contributed by atoms with Crippen molar-refractivity contribution in [3.05, 3.63) is 42.5 Å². The fourth-order valence-electron chi connectivity index (χ4n) is 3.30. The quantitative estimate of drug-likeness (QED) is 0.311. The Hall–Kier alpha value is -2.05. The summed E-state index contributed by atoms with van der Waals surface area (Å²) < 4.78 is 0. The molecule has 0 spiro atoms. The second kappa shape index (κ2) is 12.5. The molecule has 0 aliphatic rings. The molecule has 0 aliphatic carbocycles. The van der Waals surface area contributed by atoms with E-state index in [9.17, 15) is 9.59 Å². The van der Waals surface area contributed by atoms with E-state index in [-0.39, 0.29) is 17.7 Å². The number of anilines is 1. The summed E-state index contributed by atoms with van der Waals surface area (Å²) >= 11 is 4.32. The number of thiol groups is 1. The summed E-state index contributed by atoms with van der Waals surface area (Å²) in [5, 5.41) is 8.09. The van der Waals surface area contributed by atoms with Crippen molar-refractivity contribution >= 4 is 40.9 Å². The molecule has 6 heteroatoms. The van der Waals surface area contributed by atoms with Gasteiger partial charge in [-0.05, 0) is 55.1 Å². The molecule has 4 N–H and O–H groups in total. The minimum atomic E-state index is -0.579. The number of hydrogen-bond acceptors (Lipinski definition) is 4. The molecule has 0 aromatic heterocycles. The van der Waals surface area contributed by atoms with Crippen LogP contribution in [-0.2, 0) is 9.59 Å². The summed E-state index contributed by atoms with van der Waals surface area (Å²) in [5.74, 6) is 0.0101. The van der Waals surface area contributed by atoms with Gasteiger partial charge in [-0.2, -0.15) is 12.6 Å². The largest absolute Gasteiger partial charge is 0.344 e. The number of rotatable bonds is 12. The van der Waals surface area contributed by atoms with Crippen molar-refractivity contribution in [1.82, 2.24) is 5.32 Å². The van der Waals surface area contributed by atoms with Crippen LogP contribution in [0, 0.1) is 5.92 Å². The Morgan fingerprint density at radius 3 is 2.45 bits per heavy atom. The molecule has 0 unspecified atom stereocenters. The molecular formula is C23H33N3O2S. The first-order valence-corrected chi connectivity index (χ1v) is 11.1. The maximum Gasteiger partial charge on any atom is 0.246 e. The fraction of sp³-hybridized carbons (Fsp3) is 0.478. The number of fused-ring (bicyclic) bond motifs is 1. The summed E-state index contributed by atoms with van der Waals surface area (Å²) in [6.07, 6.45) is 4.96. The second-order valence-electron chi connectivity index (χ2n) is 7.42. The van der Waals surface area contributed by atoms with Gasteiger partial charge in [-0.25, -0.2) is 0 Å². The Morgan fingerprint density at radius 2 is 1.76 bits per heavy atom. The van der Waals surface area contributed by atoms with Gasteiger partial charge in [0.05, 0.1) is 0 Å². The molecule has 5 nitrogen and oxygen atoms in total. The highest BCUT2D eigenvalue weighted by atomic mass is 32.1. The van der Waals surface area contributed by atoms with Crippen molar-refractivity contribution in [1.29, 1.82) is 0 Å². The standard InChI is InChI=1S/C23H33N3O2S/c1-2-3-8-19(16-29)22(27)26-21(11-6-7-14-24)23(28)25-20-13-12-17-9-4-5-10-18(17)15-20/h4-5,9-10,12-13,15,19,21,29H,2-3,6-8,11,14,16,24H2,1H3,(H,25,28)(H,26,27)/t19-,21+/m1/s1. The Morgan fingerprint density at radius 1 is 1.00 bits per heavy atom. The highest BCUT2D eigenvalue weighted by molar-refractivity contribution is 7.80. The van der Waals surface area contributed by atoms with E-state index >= 15 is 0 Å². The zero-order valence-electron chi connectivity index (χ0n) is 17.2. The van der Waals surface area contributed by atoms with Crippen LogP contribution in [-0.4, -0.2) is 30.2 Å². The van der Waals surface area contributed by atoms with Gasteiger partial charge in [-0.3, -0.25) is 9.59 Å². The van der Waals surface area contributed by atoms with Crippen LogP contribution in [0.5, 0.6) is 0 Å². The number of carbonyl (C=O) groups is 2. The van der Waals surface area contributed by atoms with E-state index in [2.05, 4.69) is 30.2 Å². The minimum Gasteiger partial charge on any atom is -0.344 e. The van der Waals surface area contributed by atoms with Crippen molar-refractivity contribution in [3.63, 3.8) is 0 Å². The lowest BCUT2D eigenvalue weighted by molar-refractivity contribution is -0.129. The summed E-state index contributed by atoms with van der Waals surface area (Å²) in [6, 6.07) is 13.2. The second-order valence-corrected chi connectivity index (χ2v) is 7.78. The Balaban J connectivity index is 2.07. The van der Waals surface area contributed by atoms with Crippen molar-refractivity contribution in [3.8, 4) is 0 Å². The molecule has 0 aliphatic heterocycles. The molecule has 0 heterocycles. The third-order valence-electron chi connectivity index (χ3n) is 5.09. The van der Waals surface area contributed by atoms with E-state index in [1.54, 1.807) is 0 Å². The minimum absolute atomic E-state index is 0.0974. The summed E-state index contributed by atoms with van der Waals surface area (Å²) in [6.45, 7) is 2.67. The molecule has 2 amide bonds. The van der Waals surface area contributed by atoms with Crippen LogP contribution in [0.2, 0.25) is 0 Å². The van der Waals surface area contributed by atoms with Gasteiger partial charge < -0.3 is 16.4 Å². The van der Waals surface area contributed by atoms with Gasteiger partial charge in [0.15, 0.2) is 0 Å². The lowest BCUT2D eigenvalue weighted by Crippen LogP contribution is -2.46. The molecule has 0 fully saturated rings. The molecule has 2 aromatic rings. The van der Waals surface area contributed by atoms with Crippen LogP contribution in [0.3, 0.4) is 0 Å². The predicted molar refractivity (Wildman–Crippen MR) is 124 cm³/mol. The van der Waals surface area contributed by atoms with Crippen LogP contribution in [0.25, 0.3) is 10.8 Å². The van der Waals surface area contributed by atoms with Crippen LogP contribution in [0.4, 0.5) is 5.69 Å². The van der Waals surface area contributed by atoms with E-state index in [4.69, 9.17) is 5.73 Å².